The highest BCUT2D eigenvalue weighted by molar-refractivity contribution is 6.27. The largest absolute Gasteiger partial charge is 0.478 e. The van der Waals surface area contributed by atoms with Crippen molar-refractivity contribution in [2.24, 2.45) is 0 Å². The topological polar surface area (TPSA) is 97.8 Å². The van der Waals surface area contributed by atoms with E-state index in [0.717, 1.165) is 28.9 Å². The maximum atomic E-state index is 14.3. The Morgan fingerprint density at radius 3 is 2.31 bits per heavy atom. The molecule has 1 atom stereocenters. The summed E-state index contributed by atoms with van der Waals surface area (Å²) in [4.78, 5) is 47.1. The molecule has 254 valence electrons. The maximum absolute atomic E-state index is 14.3. The first-order valence-corrected chi connectivity index (χ1v) is 16.6. The fraction of sp³-hybridized carbons (Fsp3) is 0.250. The first kappa shape index (κ1) is 36.3. The summed E-state index contributed by atoms with van der Waals surface area (Å²) in [5.41, 5.74) is 2.35. The molecule has 0 radical (unpaired) electrons. The number of pyridine rings is 1. The van der Waals surface area contributed by atoms with Crippen LogP contribution in [0.4, 0.5) is 9.18 Å². The molecule has 1 N–H and O–H groups in total. The molecule has 0 saturated heterocycles. The third-order valence-corrected chi connectivity index (χ3v) is 7.78. The molecule has 0 saturated carbocycles. The number of halogens is 1. The van der Waals surface area contributed by atoms with Crippen molar-refractivity contribution < 1.29 is 28.2 Å². The Morgan fingerprint density at radius 2 is 1.65 bits per heavy atom. The van der Waals surface area contributed by atoms with Crippen LogP contribution in [0.2, 0.25) is 0 Å². The van der Waals surface area contributed by atoms with Gasteiger partial charge in [-0.25, -0.2) is 9.18 Å². The summed E-state index contributed by atoms with van der Waals surface area (Å²) in [6.45, 7) is 12.0. The lowest BCUT2D eigenvalue weighted by atomic mass is 9.97. The van der Waals surface area contributed by atoms with Crippen LogP contribution in [0.25, 0.3) is 10.9 Å². The molecule has 1 unspecified atom stereocenters. The Balaban J connectivity index is 0.00000265. The van der Waals surface area contributed by atoms with Gasteiger partial charge in [-0.15, -0.1) is 0 Å². The van der Waals surface area contributed by atoms with Crippen molar-refractivity contribution in [3.05, 3.63) is 137 Å². The van der Waals surface area contributed by atoms with E-state index in [1.165, 1.54) is 24.3 Å². The standard InChI is InChI=1S/C38H36FN3O5.C2H6/c1-4-7-10-14-26(6-3)33(27-15-11-9-12-16-27)46-35-31-30(36(43)42(37(31)44)24-25-18-20-28(39)21-19-25)34(29-17-13-23-40-32(29)35)47-38(45)41-22-8-5-2;1-2/h4,7,9-21,23,33H,1,5-6,8,22,24H2,2-3H3,(H,41,45);1-2H3/b10-7-,26-14+;. The number of rotatable bonds is 13. The van der Waals surface area contributed by atoms with Gasteiger partial charge < -0.3 is 14.8 Å². The third kappa shape index (κ3) is 8.30. The zero-order chi connectivity index (χ0) is 35.3. The molecular formula is C40H42FN3O5. The van der Waals surface area contributed by atoms with Crippen LogP contribution in [0.15, 0.2) is 109 Å². The second-order valence-corrected chi connectivity index (χ2v) is 10.9. The quantitative estimate of drug-likeness (QED) is 0.0870. The van der Waals surface area contributed by atoms with E-state index in [2.05, 4.69) is 16.9 Å². The summed E-state index contributed by atoms with van der Waals surface area (Å²) in [6.07, 6.45) is 9.60. The number of nitrogens with one attached hydrogen (secondary N) is 1. The predicted octanol–water partition coefficient (Wildman–Crippen LogP) is 9.28. The van der Waals surface area contributed by atoms with Crippen molar-refractivity contribution in [3.8, 4) is 11.5 Å². The minimum atomic E-state index is -0.760. The number of fused-ring (bicyclic) bond motifs is 2. The minimum Gasteiger partial charge on any atom is -0.478 e. The number of aromatic nitrogens is 1. The number of allylic oxidation sites excluding steroid dienone is 4. The fourth-order valence-electron chi connectivity index (χ4n) is 5.40. The van der Waals surface area contributed by atoms with Gasteiger partial charge in [0.25, 0.3) is 11.8 Å². The van der Waals surface area contributed by atoms with E-state index in [-0.39, 0.29) is 34.7 Å². The zero-order valence-corrected chi connectivity index (χ0v) is 28.4. The highest BCUT2D eigenvalue weighted by atomic mass is 19.1. The summed E-state index contributed by atoms with van der Waals surface area (Å²) in [7, 11) is 0. The van der Waals surface area contributed by atoms with Gasteiger partial charge in [-0.2, -0.15) is 0 Å². The molecule has 1 aliphatic rings. The molecule has 0 bridgehead atoms. The molecular weight excluding hydrogens is 621 g/mol. The number of benzene rings is 3. The molecule has 49 heavy (non-hydrogen) atoms. The number of carbonyl (C=O) groups excluding carboxylic acids is 3. The van der Waals surface area contributed by atoms with Gasteiger partial charge in [0.05, 0.1) is 6.54 Å². The van der Waals surface area contributed by atoms with Crippen LogP contribution >= 0.6 is 0 Å². The van der Waals surface area contributed by atoms with Gasteiger partial charge in [-0.3, -0.25) is 19.5 Å². The van der Waals surface area contributed by atoms with Crippen LogP contribution in [0.3, 0.4) is 0 Å². The Labute approximate surface area is 286 Å². The van der Waals surface area contributed by atoms with Gasteiger partial charge in [0.1, 0.15) is 28.6 Å². The smallest absolute Gasteiger partial charge is 0.412 e. The number of amides is 3. The lowest BCUT2D eigenvalue weighted by Gasteiger charge is -2.24. The Kier molecular flexibility index (Phi) is 13.0. The molecule has 9 heteroatoms. The van der Waals surface area contributed by atoms with E-state index >= 15 is 0 Å². The second-order valence-electron chi connectivity index (χ2n) is 10.9. The summed E-state index contributed by atoms with van der Waals surface area (Å²) < 4.78 is 26.3. The lowest BCUT2D eigenvalue weighted by Crippen LogP contribution is -2.30. The first-order valence-electron chi connectivity index (χ1n) is 16.6. The van der Waals surface area contributed by atoms with Crippen LogP contribution in [-0.2, 0) is 6.54 Å². The van der Waals surface area contributed by atoms with E-state index in [9.17, 15) is 18.8 Å². The van der Waals surface area contributed by atoms with Crippen molar-refractivity contribution >= 4 is 28.8 Å². The molecule has 1 aromatic heterocycles. The number of imide groups is 1. The van der Waals surface area contributed by atoms with Crippen molar-refractivity contribution in [1.29, 1.82) is 0 Å². The number of nitrogens with zero attached hydrogens (tertiary/aromatic N) is 2. The summed E-state index contributed by atoms with van der Waals surface area (Å²) in [6, 6.07) is 18.4. The zero-order valence-electron chi connectivity index (χ0n) is 28.4. The highest BCUT2D eigenvalue weighted by Gasteiger charge is 2.44. The van der Waals surface area contributed by atoms with Crippen LogP contribution in [0, 0.1) is 5.82 Å². The Hall–Kier alpha value is -5.57. The maximum Gasteiger partial charge on any atom is 0.412 e. The molecule has 5 rings (SSSR count). The Morgan fingerprint density at radius 1 is 0.959 bits per heavy atom. The SMILES string of the molecule is C=C/C=C\C=C(/CC)C(Oc1c2c(c(OC(=O)NCCCC)c3cccnc13)C(=O)N(Cc1ccc(F)cc1)C2=O)c1ccccc1.CC. The normalized spacial score (nSPS) is 13.2. The van der Waals surface area contributed by atoms with Crippen molar-refractivity contribution in [3.63, 3.8) is 0 Å². The third-order valence-electron chi connectivity index (χ3n) is 7.78. The van der Waals surface area contributed by atoms with E-state index in [1.54, 1.807) is 30.5 Å². The van der Waals surface area contributed by atoms with Crippen molar-refractivity contribution in [1.82, 2.24) is 15.2 Å². The predicted molar refractivity (Wildman–Crippen MR) is 190 cm³/mol. The van der Waals surface area contributed by atoms with E-state index in [1.807, 2.05) is 70.2 Å². The van der Waals surface area contributed by atoms with Crippen molar-refractivity contribution in [2.45, 2.75) is 59.6 Å². The number of carbonyl (C=O) groups is 3. The van der Waals surface area contributed by atoms with Gasteiger partial charge in [-0.05, 0) is 53.8 Å². The number of unbranched alkanes of at least 4 members (excludes halogenated alkanes) is 1. The van der Waals surface area contributed by atoms with E-state index in [0.29, 0.717) is 23.9 Å². The molecule has 0 spiro atoms. The first-order chi connectivity index (χ1) is 23.9. The summed E-state index contributed by atoms with van der Waals surface area (Å²) in [5.74, 6) is -1.74. The van der Waals surface area contributed by atoms with Crippen LogP contribution in [-0.4, -0.2) is 34.3 Å². The number of hydrogen-bond acceptors (Lipinski definition) is 6. The van der Waals surface area contributed by atoms with E-state index < -0.39 is 29.8 Å². The Bertz CT molecular complexity index is 1850. The van der Waals surface area contributed by atoms with Crippen LogP contribution in [0.5, 0.6) is 11.5 Å². The van der Waals surface area contributed by atoms with Crippen LogP contribution < -0.4 is 14.8 Å². The summed E-state index contributed by atoms with van der Waals surface area (Å²) >= 11 is 0. The summed E-state index contributed by atoms with van der Waals surface area (Å²) in [5, 5.41) is 3.04. The average Bonchev–Trinajstić information content (AvgIpc) is 3.37. The monoisotopic (exact) mass is 663 g/mol. The molecule has 1 aliphatic heterocycles. The fourth-order valence-corrected chi connectivity index (χ4v) is 5.40. The molecule has 4 aromatic rings. The highest BCUT2D eigenvalue weighted by Crippen LogP contribution is 2.46. The molecule has 3 amide bonds. The molecule has 2 heterocycles. The number of hydrogen-bond donors (Lipinski definition) is 1. The van der Waals surface area contributed by atoms with Gasteiger partial charge in [0.15, 0.2) is 11.5 Å². The number of ether oxygens (including phenoxy) is 2. The molecule has 3 aromatic carbocycles. The second kappa shape index (κ2) is 17.5. The van der Waals surface area contributed by atoms with Gasteiger partial charge in [0.2, 0.25) is 0 Å². The average molecular weight is 664 g/mol. The van der Waals surface area contributed by atoms with Crippen LogP contribution in [0.1, 0.15) is 84.9 Å². The lowest BCUT2D eigenvalue weighted by molar-refractivity contribution is 0.0640. The minimum absolute atomic E-state index is 0.0577. The van der Waals surface area contributed by atoms with E-state index in [4.69, 9.17) is 9.47 Å². The molecule has 0 fully saturated rings. The van der Waals surface area contributed by atoms with Gasteiger partial charge >= 0.3 is 6.09 Å². The van der Waals surface area contributed by atoms with Gasteiger partial charge in [0, 0.05) is 18.1 Å². The molecule has 8 nitrogen and oxygen atoms in total. The van der Waals surface area contributed by atoms with Crippen molar-refractivity contribution in [2.75, 3.05) is 6.54 Å². The van der Waals surface area contributed by atoms with Gasteiger partial charge in [-0.1, -0.05) is 107 Å². The molecule has 0 aliphatic carbocycles.